The van der Waals surface area contributed by atoms with Crippen LogP contribution < -0.4 is 5.32 Å². The molecule has 0 aromatic heterocycles. The third kappa shape index (κ3) is 3.38. The first-order valence-corrected chi connectivity index (χ1v) is 9.94. The largest absolute Gasteiger partial charge is 0.508 e. The molecule has 0 radical (unpaired) electrons. The van der Waals surface area contributed by atoms with Gasteiger partial charge < -0.3 is 20.4 Å². The summed E-state index contributed by atoms with van der Waals surface area (Å²) in [5, 5.41) is 22.2. The van der Waals surface area contributed by atoms with Gasteiger partial charge in [-0.2, -0.15) is 0 Å². The van der Waals surface area contributed by atoms with Gasteiger partial charge in [-0.1, -0.05) is 25.1 Å². The zero-order valence-corrected chi connectivity index (χ0v) is 16.7. The molecular weight excluding hydrogens is 368 g/mol. The number of para-hydroxylation sites is 1. The Morgan fingerprint density at radius 2 is 2.00 bits per heavy atom. The van der Waals surface area contributed by atoms with Gasteiger partial charge in [0.25, 0.3) is 0 Å². The lowest BCUT2D eigenvalue weighted by Gasteiger charge is -2.54. The summed E-state index contributed by atoms with van der Waals surface area (Å²) in [4.78, 5) is 26.7. The molecule has 2 aromatic rings. The highest BCUT2D eigenvalue weighted by Crippen LogP contribution is 2.50. The summed E-state index contributed by atoms with van der Waals surface area (Å²) in [5.74, 6) is -0.918. The van der Waals surface area contributed by atoms with Gasteiger partial charge in [-0.25, -0.2) is 4.79 Å². The van der Waals surface area contributed by atoms with Crippen molar-refractivity contribution in [1.82, 2.24) is 4.90 Å². The topological polar surface area (TPSA) is 89.9 Å². The summed E-state index contributed by atoms with van der Waals surface area (Å²) in [5.41, 5.74) is 2.55. The lowest BCUT2D eigenvalue weighted by Crippen LogP contribution is -2.58. The summed E-state index contributed by atoms with van der Waals surface area (Å²) in [6.07, 6.45) is 2.04. The maximum atomic E-state index is 12.9. The number of fused-ring (bicyclic) bond motifs is 4. The number of carboxylic acids is 1. The second-order valence-corrected chi connectivity index (χ2v) is 8.47. The Labute approximate surface area is 170 Å². The highest BCUT2D eigenvalue weighted by molar-refractivity contribution is 6.00. The minimum absolute atomic E-state index is 0.0764. The van der Waals surface area contributed by atoms with Crippen LogP contribution in [0.15, 0.2) is 42.5 Å². The quantitative estimate of drug-likeness (QED) is 0.741. The Hall–Kier alpha value is -2.86. The molecule has 152 valence electrons. The van der Waals surface area contributed by atoms with E-state index in [1.54, 1.807) is 24.3 Å². The fraction of sp³-hybridized carbons (Fsp3) is 0.391. The number of benzene rings is 2. The fourth-order valence-electron chi connectivity index (χ4n) is 5.16. The maximum Gasteiger partial charge on any atom is 0.337 e. The van der Waals surface area contributed by atoms with Crippen molar-refractivity contribution < 1.29 is 19.8 Å². The number of phenolic OH excluding ortho intramolecular Hbond substituents is 1. The molecule has 6 nitrogen and oxygen atoms in total. The third-order valence-corrected chi connectivity index (χ3v) is 6.81. The normalized spacial score (nSPS) is 25.9. The number of rotatable bonds is 4. The molecule has 1 fully saturated rings. The molecule has 4 rings (SSSR count). The van der Waals surface area contributed by atoms with Crippen molar-refractivity contribution in [3.05, 3.63) is 59.2 Å². The summed E-state index contributed by atoms with van der Waals surface area (Å²) >= 11 is 0. The number of carboxylic acid groups (broad SMARTS) is 1. The van der Waals surface area contributed by atoms with Gasteiger partial charge in [-0.05, 0) is 73.2 Å². The Balaban J connectivity index is 1.63. The average molecular weight is 394 g/mol. The molecule has 1 aliphatic heterocycles. The molecule has 3 atom stereocenters. The van der Waals surface area contributed by atoms with Crippen LogP contribution in [0, 0.1) is 5.92 Å². The first-order valence-electron chi connectivity index (χ1n) is 9.94. The molecule has 6 heteroatoms. The van der Waals surface area contributed by atoms with Gasteiger partial charge in [-0.15, -0.1) is 0 Å². The number of hydrogen-bond donors (Lipinski definition) is 3. The van der Waals surface area contributed by atoms with Crippen molar-refractivity contribution in [2.75, 3.05) is 18.9 Å². The molecule has 1 amide bonds. The summed E-state index contributed by atoms with van der Waals surface area (Å²) in [6, 6.07) is 12.3. The molecule has 1 saturated heterocycles. The van der Waals surface area contributed by atoms with Crippen LogP contribution in [0.25, 0.3) is 0 Å². The van der Waals surface area contributed by atoms with Crippen LogP contribution in [0.1, 0.15) is 41.3 Å². The Morgan fingerprint density at radius 1 is 1.24 bits per heavy atom. The summed E-state index contributed by atoms with van der Waals surface area (Å²) in [6.45, 7) is 3.13. The number of likely N-dealkylation sites (tertiary alicyclic amines) is 1. The number of phenols is 1. The van der Waals surface area contributed by atoms with Crippen molar-refractivity contribution in [3.63, 3.8) is 0 Å². The van der Waals surface area contributed by atoms with Crippen LogP contribution in [0.3, 0.4) is 0 Å². The fourth-order valence-corrected chi connectivity index (χ4v) is 5.16. The third-order valence-electron chi connectivity index (χ3n) is 6.81. The number of amides is 1. The van der Waals surface area contributed by atoms with Crippen LogP contribution in [0.2, 0.25) is 0 Å². The molecule has 29 heavy (non-hydrogen) atoms. The zero-order chi connectivity index (χ0) is 20.8. The molecule has 1 aliphatic carbocycles. The number of anilines is 1. The van der Waals surface area contributed by atoms with E-state index < -0.39 is 5.97 Å². The van der Waals surface area contributed by atoms with Crippen LogP contribution in [-0.2, 0) is 16.6 Å². The minimum Gasteiger partial charge on any atom is -0.508 e. The van der Waals surface area contributed by atoms with E-state index in [1.807, 2.05) is 12.1 Å². The van der Waals surface area contributed by atoms with Crippen molar-refractivity contribution in [1.29, 1.82) is 0 Å². The molecule has 2 aromatic carbocycles. The van der Waals surface area contributed by atoms with Crippen molar-refractivity contribution in [3.8, 4) is 5.75 Å². The van der Waals surface area contributed by atoms with E-state index >= 15 is 0 Å². The van der Waals surface area contributed by atoms with E-state index in [1.165, 1.54) is 11.6 Å². The maximum absolute atomic E-state index is 12.9. The van der Waals surface area contributed by atoms with E-state index in [0.29, 0.717) is 12.1 Å². The molecule has 3 N–H and O–H groups in total. The highest BCUT2D eigenvalue weighted by atomic mass is 16.4. The van der Waals surface area contributed by atoms with Gasteiger partial charge in [0.1, 0.15) is 5.75 Å². The number of aromatic carboxylic acids is 1. The minimum atomic E-state index is -1.06. The number of carbonyl (C=O) groups excluding carboxylic acids is 1. The van der Waals surface area contributed by atoms with Crippen LogP contribution in [0.4, 0.5) is 5.69 Å². The number of nitrogens with zero attached hydrogens (tertiary/aromatic N) is 1. The van der Waals surface area contributed by atoms with Gasteiger partial charge in [0.15, 0.2) is 0 Å². The summed E-state index contributed by atoms with van der Waals surface area (Å²) in [7, 11) is 2.10. The first-order chi connectivity index (χ1) is 13.8. The Bertz CT molecular complexity index is 973. The van der Waals surface area contributed by atoms with Crippen LogP contribution >= 0.6 is 0 Å². The van der Waals surface area contributed by atoms with Gasteiger partial charge in [0.05, 0.1) is 11.3 Å². The molecule has 2 bridgehead atoms. The second-order valence-electron chi connectivity index (χ2n) is 8.47. The van der Waals surface area contributed by atoms with Gasteiger partial charge in [0.2, 0.25) is 5.91 Å². The van der Waals surface area contributed by atoms with E-state index in [-0.39, 0.29) is 34.6 Å². The lowest BCUT2D eigenvalue weighted by molar-refractivity contribution is -0.119. The molecule has 1 heterocycles. The van der Waals surface area contributed by atoms with Crippen LogP contribution in [0.5, 0.6) is 5.75 Å². The molecule has 0 saturated carbocycles. The zero-order valence-electron chi connectivity index (χ0n) is 16.7. The van der Waals surface area contributed by atoms with Crippen molar-refractivity contribution >= 4 is 17.6 Å². The Kier molecular flexibility index (Phi) is 4.82. The standard InChI is InChI=1S/C23H26N2O4/c1-23-9-10-25(2)20(11-14-7-8-15(26)12-17(14)23)18(23)13-21(27)24-19-6-4-3-5-16(19)22(28)29/h3-8,12,18,20,26H,9-11,13H2,1-2H3,(H,24,27)(H,28,29). The number of likely N-dealkylation sites (N-methyl/N-ethyl adjacent to an activating group) is 1. The lowest BCUT2D eigenvalue weighted by atomic mass is 9.57. The number of aromatic hydroxyl groups is 1. The van der Waals surface area contributed by atoms with Crippen molar-refractivity contribution in [2.24, 2.45) is 5.92 Å². The average Bonchev–Trinajstić information content (AvgIpc) is 2.68. The van der Waals surface area contributed by atoms with Gasteiger partial charge >= 0.3 is 5.97 Å². The number of carbonyl (C=O) groups is 2. The predicted molar refractivity (Wildman–Crippen MR) is 110 cm³/mol. The highest BCUT2D eigenvalue weighted by Gasteiger charge is 2.50. The van der Waals surface area contributed by atoms with E-state index in [9.17, 15) is 19.8 Å². The molecular formula is C23H26N2O4. The van der Waals surface area contributed by atoms with E-state index in [2.05, 4.69) is 24.2 Å². The SMILES string of the molecule is CN1CCC2(C)c3cc(O)ccc3CC1C2CC(=O)Nc1ccccc1C(=O)O. The molecule has 0 spiro atoms. The van der Waals surface area contributed by atoms with Crippen LogP contribution in [-0.4, -0.2) is 46.6 Å². The smallest absolute Gasteiger partial charge is 0.337 e. The predicted octanol–water partition coefficient (Wildman–Crippen LogP) is 3.25. The number of hydrogen-bond acceptors (Lipinski definition) is 4. The number of piperidine rings is 1. The molecule has 3 unspecified atom stereocenters. The monoisotopic (exact) mass is 394 g/mol. The molecule has 2 aliphatic rings. The van der Waals surface area contributed by atoms with E-state index in [4.69, 9.17) is 0 Å². The van der Waals surface area contributed by atoms with E-state index in [0.717, 1.165) is 24.9 Å². The summed E-state index contributed by atoms with van der Waals surface area (Å²) < 4.78 is 0. The number of nitrogens with one attached hydrogen (secondary N) is 1. The first kappa shape index (κ1) is 19.5. The second kappa shape index (κ2) is 7.19. The van der Waals surface area contributed by atoms with Crippen molar-refractivity contribution in [2.45, 2.75) is 37.6 Å². The Morgan fingerprint density at radius 3 is 2.76 bits per heavy atom. The van der Waals surface area contributed by atoms with Gasteiger partial charge in [-0.3, -0.25) is 4.79 Å². The van der Waals surface area contributed by atoms with Gasteiger partial charge in [0, 0.05) is 12.5 Å².